The van der Waals surface area contributed by atoms with Crippen LogP contribution < -0.4 is 10.0 Å². The number of fused-ring (bicyclic) bond motifs is 1. The number of pyridine rings is 1. The zero-order valence-electron chi connectivity index (χ0n) is 12.1. The van der Waals surface area contributed by atoms with Crippen LogP contribution in [0.1, 0.15) is 18.2 Å². The maximum Gasteiger partial charge on any atom is 0.238 e. The lowest BCUT2D eigenvalue weighted by Crippen LogP contribution is -2.44. The first-order chi connectivity index (χ1) is 9.76. The van der Waals surface area contributed by atoms with Crippen LogP contribution in [0.4, 0.5) is 0 Å². The molecular formula is C13H18N4O3S. The lowest BCUT2D eigenvalue weighted by atomic mass is 10.3. The summed E-state index contributed by atoms with van der Waals surface area (Å²) in [4.78, 5) is 16.2. The van der Waals surface area contributed by atoms with Crippen molar-refractivity contribution in [1.29, 1.82) is 0 Å². The summed E-state index contributed by atoms with van der Waals surface area (Å²) in [7, 11) is -3.41. The first-order valence-corrected chi connectivity index (χ1v) is 8.33. The van der Waals surface area contributed by atoms with Crippen LogP contribution in [-0.4, -0.2) is 36.0 Å². The average molecular weight is 310 g/mol. The fourth-order valence-corrected chi connectivity index (χ4v) is 2.74. The summed E-state index contributed by atoms with van der Waals surface area (Å²) in [5, 5.41) is 2.66. The number of amides is 1. The van der Waals surface area contributed by atoms with Crippen LogP contribution >= 0.6 is 0 Å². The molecule has 0 spiro atoms. The molecule has 0 bridgehead atoms. The van der Waals surface area contributed by atoms with Crippen LogP contribution in [0.15, 0.2) is 24.5 Å². The highest BCUT2D eigenvalue weighted by atomic mass is 32.2. The lowest BCUT2D eigenvalue weighted by molar-refractivity contribution is -0.122. The summed E-state index contributed by atoms with van der Waals surface area (Å²) in [5.74, 6) is -0.394. The van der Waals surface area contributed by atoms with Crippen molar-refractivity contribution in [3.05, 3.63) is 35.8 Å². The second kappa shape index (κ2) is 5.82. The molecule has 2 rings (SSSR count). The van der Waals surface area contributed by atoms with Crippen LogP contribution in [0, 0.1) is 6.92 Å². The zero-order chi connectivity index (χ0) is 15.6. The van der Waals surface area contributed by atoms with Gasteiger partial charge in [0.1, 0.15) is 5.65 Å². The van der Waals surface area contributed by atoms with E-state index in [0.717, 1.165) is 17.5 Å². The number of rotatable bonds is 5. The molecule has 0 aliphatic carbocycles. The predicted octanol–water partition coefficient (Wildman–Crippen LogP) is 0.197. The number of aryl methyl sites for hydroxylation is 1. The Balaban J connectivity index is 2.01. The van der Waals surface area contributed by atoms with E-state index in [9.17, 15) is 13.2 Å². The van der Waals surface area contributed by atoms with Gasteiger partial charge in [-0.05, 0) is 25.5 Å². The Morgan fingerprint density at radius 1 is 1.48 bits per heavy atom. The third kappa shape index (κ3) is 4.02. The molecule has 0 radical (unpaired) electrons. The topological polar surface area (TPSA) is 92.6 Å². The number of aromatic nitrogens is 2. The SMILES string of the molecule is Cc1cccn2cc(CNC(=O)C(C)NS(C)(=O)=O)nc12. The van der Waals surface area contributed by atoms with E-state index in [-0.39, 0.29) is 6.54 Å². The fourth-order valence-electron chi connectivity index (χ4n) is 1.99. The summed E-state index contributed by atoms with van der Waals surface area (Å²) < 4.78 is 26.2. The van der Waals surface area contributed by atoms with Gasteiger partial charge in [0.25, 0.3) is 0 Å². The summed E-state index contributed by atoms with van der Waals surface area (Å²) in [6, 6.07) is 3.06. The molecule has 2 aromatic heterocycles. The Hall–Kier alpha value is -1.93. The molecule has 2 heterocycles. The predicted molar refractivity (Wildman–Crippen MR) is 79.2 cm³/mol. The molecule has 2 N–H and O–H groups in total. The minimum Gasteiger partial charge on any atom is -0.349 e. The Morgan fingerprint density at radius 3 is 2.81 bits per heavy atom. The van der Waals surface area contributed by atoms with Crippen molar-refractivity contribution in [3.63, 3.8) is 0 Å². The van der Waals surface area contributed by atoms with Crippen molar-refractivity contribution >= 4 is 21.6 Å². The average Bonchev–Trinajstić information content (AvgIpc) is 2.78. The molecule has 0 aliphatic heterocycles. The fraction of sp³-hybridized carbons (Fsp3) is 0.385. The summed E-state index contributed by atoms with van der Waals surface area (Å²) in [6.45, 7) is 3.70. The number of hydrogen-bond acceptors (Lipinski definition) is 4. The van der Waals surface area contributed by atoms with Gasteiger partial charge >= 0.3 is 0 Å². The van der Waals surface area contributed by atoms with Crippen LogP contribution in [0.5, 0.6) is 0 Å². The van der Waals surface area contributed by atoms with E-state index in [1.54, 1.807) is 0 Å². The Morgan fingerprint density at radius 2 is 2.19 bits per heavy atom. The normalized spacial score (nSPS) is 13.3. The number of carbonyl (C=O) groups is 1. The van der Waals surface area contributed by atoms with Crippen molar-refractivity contribution in [2.75, 3.05) is 6.26 Å². The van der Waals surface area contributed by atoms with Crippen molar-refractivity contribution < 1.29 is 13.2 Å². The van der Waals surface area contributed by atoms with Gasteiger partial charge in [0.2, 0.25) is 15.9 Å². The van der Waals surface area contributed by atoms with Gasteiger partial charge in [0, 0.05) is 12.4 Å². The minimum absolute atomic E-state index is 0.246. The second-order valence-electron chi connectivity index (χ2n) is 4.98. The molecule has 8 heteroatoms. The summed E-state index contributed by atoms with van der Waals surface area (Å²) >= 11 is 0. The zero-order valence-corrected chi connectivity index (χ0v) is 12.9. The van der Waals surface area contributed by atoms with Gasteiger partial charge < -0.3 is 9.72 Å². The molecule has 1 atom stereocenters. The van der Waals surface area contributed by atoms with Gasteiger partial charge in [-0.1, -0.05) is 6.07 Å². The van der Waals surface area contributed by atoms with Crippen molar-refractivity contribution in [1.82, 2.24) is 19.4 Å². The van der Waals surface area contributed by atoms with Gasteiger partial charge in [0.05, 0.1) is 24.5 Å². The number of carbonyl (C=O) groups excluding carboxylic acids is 1. The maximum absolute atomic E-state index is 11.8. The molecule has 1 amide bonds. The molecule has 0 aliphatic rings. The lowest BCUT2D eigenvalue weighted by Gasteiger charge is -2.11. The molecular weight excluding hydrogens is 292 g/mol. The van der Waals surface area contributed by atoms with E-state index in [1.165, 1.54) is 6.92 Å². The standard InChI is InChI=1S/C13H18N4O3S/c1-9-5-4-6-17-8-11(15-12(9)17)7-14-13(18)10(2)16-21(3,19)20/h4-6,8,10,16H,7H2,1-3H3,(H,14,18). The molecule has 0 fully saturated rings. The highest BCUT2D eigenvalue weighted by Gasteiger charge is 2.16. The van der Waals surface area contributed by atoms with Gasteiger partial charge in [-0.25, -0.2) is 18.1 Å². The smallest absolute Gasteiger partial charge is 0.238 e. The Labute approximate surface area is 123 Å². The maximum atomic E-state index is 11.8. The van der Waals surface area contributed by atoms with Crippen molar-refractivity contribution in [3.8, 4) is 0 Å². The molecule has 114 valence electrons. The van der Waals surface area contributed by atoms with Crippen molar-refractivity contribution in [2.24, 2.45) is 0 Å². The third-order valence-electron chi connectivity index (χ3n) is 2.96. The summed E-state index contributed by atoms with van der Waals surface area (Å²) in [6.07, 6.45) is 4.73. The van der Waals surface area contributed by atoms with Gasteiger partial charge in [-0.3, -0.25) is 4.79 Å². The second-order valence-corrected chi connectivity index (χ2v) is 6.76. The molecule has 2 aromatic rings. The van der Waals surface area contributed by atoms with Gasteiger partial charge in [0.15, 0.2) is 0 Å². The van der Waals surface area contributed by atoms with E-state index >= 15 is 0 Å². The molecule has 0 saturated carbocycles. The number of sulfonamides is 1. The molecule has 21 heavy (non-hydrogen) atoms. The number of hydrogen-bond donors (Lipinski definition) is 2. The van der Waals surface area contributed by atoms with Crippen LogP contribution in [0.3, 0.4) is 0 Å². The minimum atomic E-state index is -3.41. The number of nitrogens with zero attached hydrogens (tertiary/aromatic N) is 2. The third-order valence-corrected chi connectivity index (χ3v) is 3.74. The molecule has 7 nitrogen and oxygen atoms in total. The van der Waals surface area contributed by atoms with Crippen LogP contribution in [0.25, 0.3) is 5.65 Å². The van der Waals surface area contributed by atoms with E-state index < -0.39 is 22.0 Å². The Kier molecular flexibility index (Phi) is 4.29. The van der Waals surface area contributed by atoms with Crippen molar-refractivity contribution in [2.45, 2.75) is 26.4 Å². The van der Waals surface area contributed by atoms with Gasteiger partial charge in [-0.2, -0.15) is 0 Å². The number of nitrogens with one attached hydrogen (secondary N) is 2. The molecule has 1 unspecified atom stereocenters. The summed E-state index contributed by atoms with van der Waals surface area (Å²) in [5.41, 5.74) is 2.59. The molecule has 0 aromatic carbocycles. The first kappa shape index (κ1) is 15.5. The largest absolute Gasteiger partial charge is 0.349 e. The monoisotopic (exact) mass is 310 g/mol. The molecule has 0 saturated heterocycles. The quantitative estimate of drug-likeness (QED) is 0.825. The van der Waals surface area contributed by atoms with E-state index in [0.29, 0.717) is 5.69 Å². The number of imidazole rings is 1. The highest BCUT2D eigenvalue weighted by Crippen LogP contribution is 2.09. The van der Waals surface area contributed by atoms with E-state index in [4.69, 9.17) is 0 Å². The van der Waals surface area contributed by atoms with Crippen LogP contribution in [0.2, 0.25) is 0 Å². The van der Waals surface area contributed by atoms with E-state index in [1.807, 2.05) is 35.9 Å². The first-order valence-electron chi connectivity index (χ1n) is 6.44. The van der Waals surface area contributed by atoms with Gasteiger partial charge in [-0.15, -0.1) is 0 Å². The Bertz CT molecular complexity index is 767. The van der Waals surface area contributed by atoms with Crippen LogP contribution in [-0.2, 0) is 21.4 Å². The highest BCUT2D eigenvalue weighted by molar-refractivity contribution is 7.88. The van der Waals surface area contributed by atoms with E-state index in [2.05, 4.69) is 15.0 Å².